The van der Waals surface area contributed by atoms with Gasteiger partial charge in [0.25, 0.3) is 0 Å². The molecule has 0 aliphatic carbocycles. The summed E-state index contributed by atoms with van der Waals surface area (Å²) >= 11 is 0. The van der Waals surface area contributed by atoms with E-state index in [9.17, 15) is 9.50 Å². The molecule has 0 bridgehead atoms. The lowest BCUT2D eigenvalue weighted by molar-refractivity contribution is 0.281. The lowest BCUT2D eigenvalue weighted by Gasteiger charge is -2.18. The molecule has 0 saturated carbocycles. The van der Waals surface area contributed by atoms with Crippen LogP contribution >= 0.6 is 0 Å². The van der Waals surface area contributed by atoms with Crippen molar-refractivity contribution in [3.8, 4) is 5.69 Å². The molecule has 0 saturated heterocycles. The number of aliphatic hydroxyl groups is 1. The Bertz CT molecular complexity index is 860. The van der Waals surface area contributed by atoms with Crippen LogP contribution in [0, 0.1) is 12.7 Å². The Kier molecular flexibility index (Phi) is 5.26. The number of rotatable bonds is 6. The predicted molar refractivity (Wildman–Crippen MR) is 95.9 cm³/mol. The smallest absolute Gasteiger partial charge is 0.123 e. The van der Waals surface area contributed by atoms with Crippen molar-refractivity contribution in [2.45, 2.75) is 33.0 Å². The van der Waals surface area contributed by atoms with Gasteiger partial charge in [-0.3, -0.25) is 0 Å². The van der Waals surface area contributed by atoms with Crippen LogP contribution in [0.3, 0.4) is 0 Å². The van der Waals surface area contributed by atoms with Gasteiger partial charge in [0, 0.05) is 25.0 Å². The van der Waals surface area contributed by atoms with Gasteiger partial charge in [0.15, 0.2) is 0 Å². The molecule has 1 unspecified atom stereocenters. The maximum atomic E-state index is 13.8. The quantitative estimate of drug-likeness (QED) is 0.720. The van der Waals surface area contributed by atoms with Gasteiger partial charge in [-0.15, -0.1) is 0 Å². The lowest BCUT2D eigenvalue weighted by Crippen LogP contribution is -2.19. The summed E-state index contributed by atoms with van der Waals surface area (Å²) in [5.41, 5.74) is 3.75. The van der Waals surface area contributed by atoms with Crippen molar-refractivity contribution in [1.29, 1.82) is 0 Å². The van der Waals surface area contributed by atoms with E-state index in [1.54, 1.807) is 18.3 Å². The average Bonchev–Trinajstić information content (AvgIpc) is 3.05. The van der Waals surface area contributed by atoms with E-state index in [4.69, 9.17) is 0 Å². The normalized spacial score (nSPS) is 12.3. The largest absolute Gasteiger partial charge is 0.392 e. The van der Waals surface area contributed by atoms with E-state index in [-0.39, 0.29) is 18.5 Å². The molecule has 3 aromatic rings. The number of hydrogen-bond donors (Lipinski definition) is 2. The van der Waals surface area contributed by atoms with Crippen molar-refractivity contribution in [2.75, 3.05) is 0 Å². The minimum absolute atomic E-state index is 0.0223. The Morgan fingerprint density at radius 3 is 2.80 bits per heavy atom. The molecule has 0 amide bonds. The molecule has 1 aromatic heterocycles. The minimum Gasteiger partial charge on any atom is -0.392 e. The highest BCUT2D eigenvalue weighted by Crippen LogP contribution is 2.20. The van der Waals surface area contributed by atoms with E-state index in [0.717, 1.165) is 28.2 Å². The Labute approximate surface area is 147 Å². The van der Waals surface area contributed by atoms with E-state index < -0.39 is 0 Å². The first-order valence-corrected chi connectivity index (χ1v) is 8.30. The van der Waals surface area contributed by atoms with Crippen LogP contribution in [0.1, 0.15) is 35.5 Å². The van der Waals surface area contributed by atoms with Gasteiger partial charge in [-0.1, -0.05) is 24.3 Å². The molecule has 1 atom stereocenters. The van der Waals surface area contributed by atoms with Crippen LogP contribution in [-0.2, 0) is 13.2 Å². The number of nitrogens with zero attached hydrogens (tertiary/aromatic N) is 2. The first kappa shape index (κ1) is 17.3. The molecule has 1 heterocycles. The van der Waals surface area contributed by atoms with Crippen LogP contribution < -0.4 is 5.32 Å². The molecule has 5 heteroatoms. The third-order valence-corrected chi connectivity index (χ3v) is 4.36. The number of aryl methyl sites for hydroxylation is 1. The van der Waals surface area contributed by atoms with Crippen molar-refractivity contribution in [2.24, 2.45) is 0 Å². The maximum absolute atomic E-state index is 13.8. The summed E-state index contributed by atoms with van der Waals surface area (Å²) in [5, 5.41) is 12.7. The Hall–Kier alpha value is -2.50. The van der Waals surface area contributed by atoms with Gasteiger partial charge in [-0.25, -0.2) is 9.37 Å². The summed E-state index contributed by atoms with van der Waals surface area (Å²) in [6, 6.07) is 12.7. The zero-order chi connectivity index (χ0) is 17.8. The summed E-state index contributed by atoms with van der Waals surface area (Å²) in [7, 11) is 0. The fraction of sp³-hybridized carbons (Fsp3) is 0.250. The molecular weight excluding hydrogens is 317 g/mol. The van der Waals surface area contributed by atoms with Crippen molar-refractivity contribution >= 4 is 0 Å². The Balaban J connectivity index is 1.81. The Morgan fingerprint density at radius 2 is 2.08 bits per heavy atom. The monoisotopic (exact) mass is 339 g/mol. The zero-order valence-corrected chi connectivity index (χ0v) is 14.4. The van der Waals surface area contributed by atoms with Crippen LogP contribution in [0.2, 0.25) is 0 Å². The molecule has 2 aromatic carbocycles. The standard InChI is InChI=1S/C20H22FN3O/c1-14(17-5-3-4-16(10-17)13-25)23-12-18-11-19(21)6-7-20(18)24-9-8-22-15(24)2/h3-11,14,23,25H,12-13H2,1-2H3. The van der Waals surface area contributed by atoms with Gasteiger partial charge in [0.1, 0.15) is 11.6 Å². The Morgan fingerprint density at radius 1 is 1.24 bits per heavy atom. The van der Waals surface area contributed by atoms with Crippen LogP contribution in [0.5, 0.6) is 0 Å². The van der Waals surface area contributed by atoms with Crippen molar-refractivity contribution in [3.05, 3.63) is 83.2 Å². The fourth-order valence-corrected chi connectivity index (χ4v) is 2.90. The highest BCUT2D eigenvalue weighted by Gasteiger charge is 2.11. The van der Waals surface area contributed by atoms with Gasteiger partial charge in [-0.2, -0.15) is 0 Å². The van der Waals surface area contributed by atoms with Crippen molar-refractivity contribution in [3.63, 3.8) is 0 Å². The summed E-state index contributed by atoms with van der Waals surface area (Å²) in [4.78, 5) is 4.24. The lowest BCUT2D eigenvalue weighted by atomic mass is 10.0. The second-order valence-electron chi connectivity index (χ2n) is 6.12. The molecule has 3 rings (SSSR count). The highest BCUT2D eigenvalue weighted by molar-refractivity contribution is 5.42. The number of benzene rings is 2. The summed E-state index contributed by atoms with van der Waals surface area (Å²) in [6.45, 7) is 4.52. The highest BCUT2D eigenvalue weighted by atomic mass is 19.1. The van der Waals surface area contributed by atoms with E-state index in [1.807, 2.05) is 42.0 Å². The number of halogens is 1. The molecule has 0 aliphatic heterocycles. The molecule has 0 spiro atoms. The van der Waals surface area contributed by atoms with Crippen LogP contribution in [0.15, 0.2) is 54.9 Å². The van der Waals surface area contributed by atoms with Gasteiger partial charge < -0.3 is 15.0 Å². The number of hydrogen-bond acceptors (Lipinski definition) is 3. The van der Waals surface area contributed by atoms with Crippen LogP contribution in [0.4, 0.5) is 4.39 Å². The molecule has 4 nitrogen and oxygen atoms in total. The molecule has 130 valence electrons. The molecule has 0 radical (unpaired) electrons. The molecule has 2 N–H and O–H groups in total. The first-order chi connectivity index (χ1) is 12.1. The third-order valence-electron chi connectivity index (χ3n) is 4.36. The number of imidazole rings is 1. The van der Waals surface area contributed by atoms with Crippen LogP contribution in [0.25, 0.3) is 5.69 Å². The fourth-order valence-electron chi connectivity index (χ4n) is 2.90. The minimum atomic E-state index is -0.256. The van der Waals surface area contributed by atoms with E-state index in [1.165, 1.54) is 6.07 Å². The SMILES string of the molecule is Cc1nccn1-c1ccc(F)cc1CNC(C)c1cccc(CO)c1. The van der Waals surface area contributed by atoms with Crippen LogP contribution in [-0.4, -0.2) is 14.7 Å². The average molecular weight is 339 g/mol. The summed E-state index contributed by atoms with van der Waals surface area (Å²) in [6.07, 6.45) is 3.61. The third kappa shape index (κ3) is 3.95. The molecule has 0 fully saturated rings. The van der Waals surface area contributed by atoms with Gasteiger partial charge >= 0.3 is 0 Å². The van der Waals surface area contributed by atoms with E-state index in [2.05, 4.69) is 17.2 Å². The number of aromatic nitrogens is 2. The van der Waals surface area contributed by atoms with Gasteiger partial charge in [0.2, 0.25) is 0 Å². The van der Waals surface area contributed by atoms with Gasteiger partial charge in [-0.05, 0) is 48.7 Å². The topological polar surface area (TPSA) is 50.1 Å². The first-order valence-electron chi connectivity index (χ1n) is 8.30. The second kappa shape index (κ2) is 7.59. The molecule has 25 heavy (non-hydrogen) atoms. The molecular formula is C20H22FN3O. The maximum Gasteiger partial charge on any atom is 0.123 e. The second-order valence-corrected chi connectivity index (χ2v) is 6.12. The van der Waals surface area contributed by atoms with Crippen molar-refractivity contribution < 1.29 is 9.50 Å². The van der Waals surface area contributed by atoms with Crippen molar-refractivity contribution in [1.82, 2.24) is 14.9 Å². The number of aliphatic hydroxyl groups excluding tert-OH is 1. The van der Waals surface area contributed by atoms with Gasteiger partial charge in [0.05, 0.1) is 12.3 Å². The summed E-state index contributed by atoms with van der Waals surface area (Å²) in [5.74, 6) is 0.602. The predicted octanol–water partition coefficient (Wildman–Crippen LogP) is 3.66. The van der Waals surface area contributed by atoms with E-state index in [0.29, 0.717) is 6.54 Å². The zero-order valence-electron chi connectivity index (χ0n) is 14.4. The molecule has 0 aliphatic rings. The summed E-state index contributed by atoms with van der Waals surface area (Å²) < 4.78 is 15.7. The van der Waals surface area contributed by atoms with E-state index >= 15 is 0 Å². The number of nitrogens with one attached hydrogen (secondary N) is 1.